The van der Waals surface area contributed by atoms with Crippen LogP contribution in [0.1, 0.15) is 17.4 Å². The van der Waals surface area contributed by atoms with Gasteiger partial charge in [0, 0.05) is 13.1 Å². The normalized spacial score (nSPS) is 10.5. The molecule has 0 atom stereocenters. The summed E-state index contributed by atoms with van der Waals surface area (Å²) in [6.45, 7) is 4.07. The summed E-state index contributed by atoms with van der Waals surface area (Å²) in [5.74, 6) is 0.945. The second-order valence-corrected chi connectivity index (χ2v) is 5.42. The van der Waals surface area contributed by atoms with Crippen molar-refractivity contribution in [1.29, 1.82) is 0 Å². The van der Waals surface area contributed by atoms with E-state index >= 15 is 0 Å². The van der Waals surface area contributed by atoms with Gasteiger partial charge >= 0.3 is 0 Å². The lowest BCUT2D eigenvalue weighted by Crippen LogP contribution is -2.21. The van der Waals surface area contributed by atoms with E-state index in [4.69, 9.17) is 4.74 Å². The fourth-order valence-corrected chi connectivity index (χ4v) is 1.99. The second-order valence-electron chi connectivity index (χ2n) is 5.42. The number of para-hydroxylation sites is 2. The van der Waals surface area contributed by atoms with Crippen molar-refractivity contribution in [2.24, 2.45) is 0 Å². The molecule has 0 bridgehead atoms. The van der Waals surface area contributed by atoms with Crippen molar-refractivity contribution in [3.05, 3.63) is 42.1 Å². The van der Waals surface area contributed by atoms with Gasteiger partial charge < -0.3 is 20.3 Å². The van der Waals surface area contributed by atoms with E-state index in [-0.39, 0.29) is 11.6 Å². The quantitative estimate of drug-likeness (QED) is 0.772. The Morgan fingerprint density at radius 3 is 2.62 bits per heavy atom. The molecule has 0 aliphatic heterocycles. The molecule has 0 saturated carbocycles. The van der Waals surface area contributed by atoms with Crippen LogP contribution in [-0.2, 0) is 0 Å². The number of rotatable bonds is 8. The minimum Gasteiger partial charge on any atom is -0.492 e. The maximum absolute atomic E-state index is 12.3. The zero-order valence-corrected chi connectivity index (χ0v) is 14.2. The number of amides is 1. The Labute approximate surface area is 142 Å². The number of hydrogen-bond acceptors (Lipinski definition) is 6. The van der Waals surface area contributed by atoms with Crippen LogP contribution in [0, 0.1) is 0 Å². The molecular formula is C17H23N5O2. The summed E-state index contributed by atoms with van der Waals surface area (Å²) in [5.41, 5.74) is 0.860. The van der Waals surface area contributed by atoms with E-state index in [0.717, 1.165) is 13.1 Å². The summed E-state index contributed by atoms with van der Waals surface area (Å²) >= 11 is 0. The summed E-state index contributed by atoms with van der Waals surface area (Å²) in [6, 6.07) is 10.7. The Hall–Kier alpha value is -2.67. The maximum atomic E-state index is 12.3. The first-order valence-electron chi connectivity index (χ1n) is 7.85. The maximum Gasteiger partial charge on any atom is 0.276 e. The van der Waals surface area contributed by atoms with Crippen molar-refractivity contribution < 1.29 is 9.53 Å². The Balaban J connectivity index is 1.98. The van der Waals surface area contributed by atoms with Crippen LogP contribution in [-0.4, -0.2) is 54.8 Å². The van der Waals surface area contributed by atoms with E-state index in [1.54, 1.807) is 18.2 Å². The lowest BCUT2D eigenvalue weighted by Gasteiger charge is -2.11. The largest absolute Gasteiger partial charge is 0.492 e. The van der Waals surface area contributed by atoms with Crippen LogP contribution in [0.3, 0.4) is 0 Å². The van der Waals surface area contributed by atoms with E-state index in [1.165, 1.54) is 0 Å². The summed E-state index contributed by atoms with van der Waals surface area (Å²) in [6.07, 6.45) is 0. The molecule has 0 aliphatic rings. The minimum absolute atomic E-state index is 0.250. The monoisotopic (exact) mass is 329 g/mol. The molecule has 7 nitrogen and oxygen atoms in total. The molecule has 2 rings (SSSR count). The molecule has 0 radical (unpaired) electrons. The molecule has 0 aliphatic carbocycles. The van der Waals surface area contributed by atoms with Crippen LogP contribution < -0.4 is 15.4 Å². The Bertz CT molecular complexity index is 658. The molecule has 1 amide bonds. The molecule has 2 aromatic rings. The molecule has 1 aromatic carbocycles. The Kier molecular flexibility index (Phi) is 6.51. The number of nitrogens with one attached hydrogen (secondary N) is 2. The van der Waals surface area contributed by atoms with Gasteiger partial charge in [-0.2, -0.15) is 0 Å². The third-order valence-electron chi connectivity index (χ3n) is 3.20. The molecular weight excluding hydrogens is 306 g/mol. The first-order valence-corrected chi connectivity index (χ1v) is 7.85. The van der Waals surface area contributed by atoms with Gasteiger partial charge in [0.05, 0.1) is 12.3 Å². The van der Waals surface area contributed by atoms with Crippen molar-refractivity contribution >= 4 is 17.4 Å². The van der Waals surface area contributed by atoms with Gasteiger partial charge in [-0.3, -0.25) is 4.79 Å². The third-order valence-corrected chi connectivity index (χ3v) is 3.20. The molecule has 128 valence electrons. The minimum atomic E-state index is -0.325. The van der Waals surface area contributed by atoms with Crippen LogP contribution in [0.5, 0.6) is 5.75 Å². The number of benzene rings is 1. The number of anilines is 2. The summed E-state index contributed by atoms with van der Waals surface area (Å²) < 4.78 is 5.49. The molecule has 0 spiro atoms. The van der Waals surface area contributed by atoms with E-state index in [2.05, 4.69) is 25.7 Å². The van der Waals surface area contributed by atoms with Gasteiger partial charge in [-0.05, 0) is 45.3 Å². The zero-order chi connectivity index (χ0) is 17.4. The van der Waals surface area contributed by atoms with E-state index in [1.807, 2.05) is 39.2 Å². The molecule has 1 aromatic heterocycles. The smallest absolute Gasteiger partial charge is 0.276 e. The molecule has 24 heavy (non-hydrogen) atoms. The molecule has 1 heterocycles. The first-order chi connectivity index (χ1) is 11.6. The summed E-state index contributed by atoms with van der Waals surface area (Å²) in [5, 5.41) is 13.9. The highest BCUT2D eigenvalue weighted by Crippen LogP contribution is 2.24. The van der Waals surface area contributed by atoms with E-state index in [0.29, 0.717) is 23.9 Å². The number of carbonyl (C=O) groups excluding carboxylic acids is 1. The molecule has 2 N–H and O–H groups in total. The number of likely N-dealkylation sites (N-methyl/N-ethyl adjacent to an activating group) is 1. The van der Waals surface area contributed by atoms with E-state index in [9.17, 15) is 4.79 Å². The fourth-order valence-electron chi connectivity index (χ4n) is 1.99. The lowest BCUT2D eigenvalue weighted by atomic mass is 10.2. The van der Waals surface area contributed by atoms with Gasteiger partial charge in [-0.15, -0.1) is 10.2 Å². The van der Waals surface area contributed by atoms with Gasteiger partial charge in [0.1, 0.15) is 11.6 Å². The highest BCUT2D eigenvalue weighted by molar-refractivity contribution is 6.03. The lowest BCUT2D eigenvalue weighted by molar-refractivity contribution is 0.102. The van der Waals surface area contributed by atoms with Crippen molar-refractivity contribution in [1.82, 2.24) is 15.1 Å². The van der Waals surface area contributed by atoms with Crippen LogP contribution in [0.2, 0.25) is 0 Å². The van der Waals surface area contributed by atoms with E-state index < -0.39 is 0 Å². The number of carbonyl (C=O) groups is 1. The number of hydrogen-bond donors (Lipinski definition) is 2. The predicted octanol–water partition coefficient (Wildman–Crippen LogP) is 2.10. The van der Waals surface area contributed by atoms with Crippen LogP contribution in [0.4, 0.5) is 11.5 Å². The predicted molar refractivity (Wildman–Crippen MR) is 94.6 cm³/mol. The first kappa shape index (κ1) is 17.7. The molecule has 0 unspecified atom stereocenters. The zero-order valence-electron chi connectivity index (χ0n) is 14.2. The van der Waals surface area contributed by atoms with Crippen molar-refractivity contribution in [3.63, 3.8) is 0 Å². The molecule has 0 fully saturated rings. The van der Waals surface area contributed by atoms with Gasteiger partial charge in [-0.1, -0.05) is 12.1 Å². The van der Waals surface area contributed by atoms with Gasteiger partial charge in [0.2, 0.25) is 0 Å². The average Bonchev–Trinajstić information content (AvgIpc) is 2.57. The second kappa shape index (κ2) is 8.83. The van der Waals surface area contributed by atoms with Gasteiger partial charge in [0.15, 0.2) is 5.69 Å². The van der Waals surface area contributed by atoms with Gasteiger partial charge in [-0.25, -0.2) is 0 Å². The molecule has 7 heteroatoms. The SMILES string of the molecule is CCOc1ccccc1NC(=O)c1ccc(NCCN(C)C)nn1. The number of ether oxygens (including phenoxy) is 1. The van der Waals surface area contributed by atoms with Gasteiger partial charge in [0.25, 0.3) is 5.91 Å². The summed E-state index contributed by atoms with van der Waals surface area (Å²) in [4.78, 5) is 14.4. The van der Waals surface area contributed by atoms with Crippen molar-refractivity contribution in [2.75, 3.05) is 44.4 Å². The number of aromatic nitrogens is 2. The number of nitrogens with zero attached hydrogens (tertiary/aromatic N) is 3. The van der Waals surface area contributed by atoms with Crippen molar-refractivity contribution in [3.8, 4) is 5.75 Å². The average molecular weight is 329 g/mol. The highest BCUT2D eigenvalue weighted by atomic mass is 16.5. The fraction of sp³-hybridized carbons (Fsp3) is 0.353. The van der Waals surface area contributed by atoms with Crippen LogP contribution in [0.25, 0.3) is 0 Å². The van der Waals surface area contributed by atoms with Crippen molar-refractivity contribution in [2.45, 2.75) is 6.92 Å². The third kappa shape index (κ3) is 5.20. The standard InChI is InChI=1S/C17H23N5O2/c1-4-24-15-8-6-5-7-13(15)19-17(23)14-9-10-16(21-20-14)18-11-12-22(2)3/h5-10H,4,11-12H2,1-3H3,(H,18,21)(H,19,23). The highest BCUT2D eigenvalue weighted by Gasteiger charge is 2.11. The summed E-state index contributed by atoms with van der Waals surface area (Å²) in [7, 11) is 4.00. The molecule has 0 saturated heterocycles. The van der Waals surface area contributed by atoms with Crippen LogP contribution in [0.15, 0.2) is 36.4 Å². The Morgan fingerprint density at radius 1 is 1.17 bits per heavy atom. The topological polar surface area (TPSA) is 79.4 Å². The van der Waals surface area contributed by atoms with Crippen LogP contribution >= 0.6 is 0 Å². The Morgan fingerprint density at radius 2 is 1.96 bits per heavy atom.